The summed E-state index contributed by atoms with van der Waals surface area (Å²) in [6.45, 7) is 15.3. The average Bonchev–Trinajstić information content (AvgIpc) is 2.84. The van der Waals surface area contributed by atoms with E-state index in [4.69, 9.17) is 18.9 Å². The Kier molecular flexibility index (Phi) is 7.23. The maximum absolute atomic E-state index is 14.0. The smallest absolute Gasteiger partial charge is 0.364 e. The topological polar surface area (TPSA) is 132 Å². The molecule has 0 bridgehead atoms. The van der Waals surface area contributed by atoms with Crippen molar-refractivity contribution in [1.29, 1.82) is 0 Å². The van der Waals surface area contributed by atoms with Crippen LogP contribution in [0.5, 0.6) is 0 Å². The Balaban J connectivity index is 1.85. The third-order valence-corrected chi connectivity index (χ3v) is 9.22. The van der Waals surface area contributed by atoms with Crippen LogP contribution in [0.4, 0.5) is 0 Å². The highest BCUT2D eigenvalue weighted by atomic mass is 16.6. The van der Waals surface area contributed by atoms with Crippen LogP contribution in [-0.4, -0.2) is 94.4 Å². The van der Waals surface area contributed by atoms with Crippen LogP contribution < -0.4 is 0 Å². The molecule has 0 radical (unpaired) electrons. The summed E-state index contributed by atoms with van der Waals surface area (Å²) in [7, 11) is 0. The number of ketones is 1. The summed E-state index contributed by atoms with van der Waals surface area (Å²) in [5, 5.41) is 23.8. The van der Waals surface area contributed by atoms with Gasteiger partial charge in [-0.05, 0) is 45.1 Å². The van der Waals surface area contributed by atoms with E-state index in [0.29, 0.717) is 44.7 Å². The van der Waals surface area contributed by atoms with Crippen LogP contribution >= 0.6 is 0 Å². The summed E-state index contributed by atoms with van der Waals surface area (Å²) in [6, 6.07) is 0. The maximum Gasteiger partial charge on any atom is 0.364 e. The second-order valence-electron chi connectivity index (χ2n) is 12.2. The summed E-state index contributed by atoms with van der Waals surface area (Å²) in [5.74, 6) is -2.04. The normalized spacial score (nSPS) is 41.7. The standard InChI is InChI=1S/C28H41NO9/c1-8-25(5)16-20(32)28(34)26(6)18(24(3,4)10-9-19(26)31)15-21(27(28,7)38-25)37-23(33)22(36-17(2)30)29-11-13-35-14-12-29/h8,15,19,21-22,31,34H,1,9-14,16H2,2-7H3/t19-,21-,22?,25-,26+,27+,28-/m0/s1. The van der Waals surface area contributed by atoms with Gasteiger partial charge in [0, 0.05) is 26.4 Å². The summed E-state index contributed by atoms with van der Waals surface area (Å²) < 4.78 is 23.2. The minimum Gasteiger partial charge on any atom is -0.451 e. The molecule has 2 heterocycles. The fourth-order valence-electron chi connectivity index (χ4n) is 7.02. The zero-order valence-electron chi connectivity index (χ0n) is 23.2. The lowest BCUT2D eigenvalue weighted by molar-refractivity contribution is -0.306. The molecule has 1 unspecified atom stereocenters. The number of esters is 2. The molecular weight excluding hydrogens is 494 g/mol. The van der Waals surface area contributed by atoms with Crippen molar-refractivity contribution >= 4 is 17.7 Å². The van der Waals surface area contributed by atoms with Gasteiger partial charge in [0.1, 0.15) is 5.60 Å². The van der Waals surface area contributed by atoms with Crippen molar-refractivity contribution in [3.8, 4) is 0 Å². The van der Waals surface area contributed by atoms with E-state index in [-0.39, 0.29) is 6.42 Å². The van der Waals surface area contributed by atoms with Gasteiger partial charge in [0.25, 0.3) is 6.23 Å². The van der Waals surface area contributed by atoms with Gasteiger partial charge in [0.05, 0.1) is 30.3 Å². The number of rotatable bonds is 5. The summed E-state index contributed by atoms with van der Waals surface area (Å²) in [4.78, 5) is 41.2. The minimum absolute atomic E-state index is 0.164. The zero-order valence-corrected chi connectivity index (χ0v) is 23.2. The molecule has 0 aromatic carbocycles. The molecule has 10 heteroatoms. The van der Waals surface area contributed by atoms with Crippen LogP contribution in [0, 0.1) is 10.8 Å². The molecule has 4 aliphatic rings. The van der Waals surface area contributed by atoms with Gasteiger partial charge in [-0.1, -0.05) is 25.5 Å². The number of aliphatic hydroxyl groups is 2. The van der Waals surface area contributed by atoms with E-state index in [2.05, 4.69) is 6.58 Å². The van der Waals surface area contributed by atoms with E-state index in [1.165, 1.54) is 19.9 Å². The van der Waals surface area contributed by atoms with Gasteiger partial charge in [-0.3, -0.25) is 14.5 Å². The van der Waals surface area contributed by atoms with E-state index >= 15 is 0 Å². The minimum atomic E-state index is -2.23. The second kappa shape index (κ2) is 9.52. The summed E-state index contributed by atoms with van der Waals surface area (Å²) >= 11 is 0. The van der Waals surface area contributed by atoms with Crippen molar-refractivity contribution in [2.45, 2.75) is 96.0 Å². The monoisotopic (exact) mass is 535 g/mol. The van der Waals surface area contributed by atoms with Crippen molar-refractivity contribution in [1.82, 2.24) is 4.90 Å². The highest BCUT2D eigenvalue weighted by molar-refractivity contribution is 5.93. The highest BCUT2D eigenvalue weighted by Gasteiger charge is 2.76. The number of hydrogen-bond donors (Lipinski definition) is 2. The first kappa shape index (κ1) is 28.9. The van der Waals surface area contributed by atoms with Crippen molar-refractivity contribution in [3.63, 3.8) is 0 Å². The molecule has 3 fully saturated rings. The molecule has 38 heavy (non-hydrogen) atoms. The van der Waals surface area contributed by atoms with E-state index in [1.807, 2.05) is 13.8 Å². The molecule has 0 aromatic rings. The third-order valence-electron chi connectivity index (χ3n) is 9.22. The molecule has 7 atom stereocenters. The number of ether oxygens (including phenoxy) is 4. The molecule has 2 aliphatic carbocycles. The molecule has 10 nitrogen and oxygen atoms in total. The number of morpholine rings is 1. The predicted octanol–water partition coefficient (Wildman–Crippen LogP) is 1.67. The molecule has 0 spiro atoms. The van der Waals surface area contributed by atoms with Crippen molar-refractivity contribution in [3.05, 3.63) is 24.3 Å². The van der Waals surface area contributed by atoms with Crippen molar-refractivity contribution in [2.24, 2.45) is 10.8 Å². The van der Waals surface area contributed by atoms with Crippen LogP contribution in [-0.2, 0) is 33.3 Å². The lowest BCUT2D eigenvalue weighted by Gasteiger charge is -2.66. The van der Waals surface area contributed by atoms with Crippen LogP contribution in [0.15, 0.2) is 24.3 Å². The molecule has 0 amide bonds. The fraction of sp³-hybridized carbons (Fsp3) is 0.750. The Morgan fingerprint density at radius 1 is 1.21 bits per heavy atom. The Hall–Kier alpha value is -2.11. The Morgan fingerprint density at radius 2 is 1.84 bits per heavy atom. The van der Waals surface area contributed by atoms with Gasteiger partial charge < -0.3 is 29.2 Å². The van der Waals surface area contributed by atoms with E-state index in [9.17, 15) is 24.6 Å². The van der Waals surface area contributed by atoms with E-state index < -0.39 is 63.8 Å². The number of fused-ring (bicyclic) bond motifs is 3. The molecule has 1 saturated carbocycles. The molecule has 212 valence electrons. The van der Waals surface area contributed by atoms with Crippen LogP contribution in [0.3, 0.4) is 0 Å². The van der Waals surface area contributed by atoms with Gasteiger partial charge in [-0.25, -0.2) is 4.79 Å². The fourth-order valence-corrected chi connectivity index (χ4v) is 7.02. The van der Waals surface area contributed by atoms with Gasteiger partial charge in [0.15, 0.2) is 17.5 Å². The van der Waals surface area contributed by atoms with Gasteiger partial charge in [-0.2, -0.15) is 0 Å². The highest BCUT2D eigenvalue weighted by Crippen LogP contribution is 2.64. The third kappa shape index (κ3) is 4.16. The number of carbonyl (C=O) groups excluding carboxylic acids is 3. The van der Waals surface area contributed by atoms with E-state index in [1.54, 1.807) is 24.8 Å². The van der Waals surface area contributed by atoms with Crippen molar-refractivity contribution in [2.75, 3.05) is 26.3 Å². The second-order valence-corrected chi connectivity index (χ2v) is 12.2. The lowest BCUT2D eigenvalue weighted by Crippen LogP contribution is -2.81. The number of carbonyl (C=O) groups is 3. The van der Waals surface area contributed by atoms with Gasteiger partial charge in [0.2, 0.25) is 0 Å². The Labute approximate surface area is 223 Å². The molecule has 2 N–H and O–H groups in total. The molecule has 2 aliphatic heterocycles. The summed E-state index contributed by atoms with van der Waals surface area (Å²) in [5.41, 5.74) is -6.47. The van der Waals surface area contributed by atoms with Crippen LogP contribution in [0.2, 0.25) is 0 Å². The van der Waals surface area contributed by atoms with E-state index in [0.717, 1.165) is 0 Å². The van der Waals surface area contributed by atoms with Crippen molar-refractivity contribution < 1.29 is 43.5 Å². The first-order valence-corrected chi connectivity index (χ1v) is 13.3. The number of Topliss-reactive ketones (excluding diaryl/α,β-unsaturated/α-hetero) is 1. The largest absolute Gasteiger partial charge is 0.451 e. The van der Waals surface area contributed by atoms with Gasteiger partial charge in [-0.15, -0.1) is 6.58 Å². The average molecular weight is 536 g/mol. The number of aliphatic hydroxyl groups excluding tert-OH is 1. The van der Waals surface area contributed by atoms with Crippen LogP contribution in [0.1, 0.15) is 60.8 Å². The molecule has 0 aromatic heterocycles. The first-order chi connectivity index (χ1) is 17.6. The Morgan fingerprint density at radius 3 is 2.42 bits per heavy atom. The number of hydrogen-bond acceptors (Lipinski definition) is 10. The molecular formula is C28H41NO9. The number of nitrogens with zero attached hydrogens (tertiary/aromatic N) is 1. The molecule has 4 rings (SSSR count). The lowest BCUT2D eigenvalue weighted by atomic mass is 9.44. The predicted molar refractivity (Wildman–Crippen MR) is 136 cm³/mol. The molecule has 2 saturated heterocycles. The van der Waals surface area contributed by atoms with Crippen LogP contribution in [0.25, 0.3) is 0 Å². The summed E-state index contributed by atoms with van der Waals surface area (Å²) in [6.07, 6.45) is 0.403. The van der Waals surface area contributed by atoms with Gasteiger partial charge >= 0.3 is 11.9 Å². The first-order valence-electron chi connectivity index (χ1n) is 13.3. The SMILES string of the molecule is C=C[C@@]1(C)CC(=O)[C@@]2(O)[C@](C)(O1)[C@@H](OC(=O)C(OC(C)=O)N1CCOCC1)C=C1C(C)(C)CC[C@H](O)[C@@]12C. The zero-order chi connectivity index (χ0) is 28.3. The Bertz CT molecular complexity index is 1050. The maximum atomic E-state index is 14.0. The quantitative estimate of drug-likeness (QED) is 0.396.